The lowest BCUT2D eigenvalue weighted by Gasteiger charge is -2.32. The van der Waals surface area contributed by atoms with Crippen LogP contribution in [0.4, 0.5) is 0 Å². The van der Waals surface area contributed by atoms with Crippen LogP contribution in [0.2, 0.25) is 10.0 Å². The van der Waals surface area contributed by atoms with Gasteiger partial charge < -0.3 is 26.0 Å². The molecule has 0 bridgehead atoms. The van der Waals surface area contributed by atoms with E-state index in [4.69, 9.17) is 39.1 Å². The molecule has 5 N–H and O–H groups in total. The van der Waals surface area contributed by atoms with Gasteiger partial charge in [0.15, 0.2) is 5.96 Å². The molecule has 258 valence electrons. The molecule has 1 atom stereocenters. The summed E-state index contributed by atoms with van der Waals surface area (Å²) in [6, 6.07) is 11.4. The van der Waals surface area contributed by atoms with E-state index in [9.17, 15) is 18.0 Å². The number of benzene rings is 2. The normalized spacial score (nSPS) is 17.4. The first-order valence-corrected chi connectivity index (χ1v) is 18.3. The van der Waals surface area contributed by atoms with Crippen LogP contribution in [0.1, 0.15) is 49.8 Å². The van der Waals surface area contributed by atoms with E-state index in [0.717, 1.165) is 23.9 Å². The van der Waals surface area contributed by atoms with Crippen LogP contribution in [0.25, 0.3) is 10.9 Å². The molecule has 5 rings (SSSR count). The number of carbonyl (C=O) groups excluding carboxylic acids is 2. The largest absolute Gasteiger partial charge is 0.487 e. The van der Waals surface area contributed by atoms with Crippen molar-refractivity contribution in [3.8, 4) is 5.75 Å². The molecule has 0 saturated carbocycles. The summed E-state index contributed by atoms with van der Waals surface area (Å²) in [7, 11) is -4.15. The van der Waals surface area contributed by atoms with Crippen LogP contribution in [-0.2, 0) is 26.2 Å². The Morgan fingerprint density at radius 2 is 1.83 bits per heavy atom. The van der Waals surface area contributed by atoms with Crippen LogP contribution in [-0.4, -0.2) is 79.1 Å². The number of guanidine groups is 1. The van der Waals surface area contributed by atoms with Crippen LogP contribution in [0.3, 0.4) is 0 Å². The van der Waals surface area contributed by atoms with Crippen molar-refractivity contribution in [1.82, 2.24) is 24.8 Å². The van der Waals surface area contributed by atoms with E-state index in [1.165, 1.54) is 16.4 Å². The molecule has 0 radical (unpaired) electrons. The third kappa shape index (κ3) is 8.31. The topological polar surface area (TPSA) is 171 Å². The van der Waals surface area contributed by atoms with Crippen LogP contribution in [0.15, 0.2) is 47.4 Å². The maximum Gasteiger partial charge on any atom is 0.245 e. The number of fused-ring (bicyclic) bond motifs is 1. The SMILES string of the molecule is Cc1ccc2cccc(OCc3c(Cl)ccc(S(=O)(=O)N4CCC[C@H]4C(=O)NCC4CCN(C(=O)CCCNC(=N)N)CC4)c3Cl)c2n1. The minimum absolute atomic E-state index is 0.0469. The summed E-state index contributed by atoms with van der Waals surface area (Å²) in [5, 5.41) is 14.0. The molecular formula is C33H41Cl2N7O5S. The number of likely N-dealkylation sites (tertiary alicyclic amines) is 1. The summed E-state index contributed by atoms with van der Waals surface area (Å²) < 4.78 is 35.2. The number of amides is 2. The Hall–Kier alpha value is -3.65. The second kappa shape index (κ2) is 15.7. The highest BCUT2D eigenvalue weighted by Gasteiger charge is 2.41. The number of aryl methyl sites for hydroxylation is 1. The number of halogens is 2. The average Bonchev–Trinajstić information content (AvgIpc) is 3.57. The predicted octanol–water partition coefficient (Wildman–Crippen LogP) is 4.20. The molecule has 2 amide bonds. The Morgan fingerprint density at radius 3 is 2.58 bits per heavy atom. The first-order chi connectivity index (χ1) is 23.0. The number of rotatable bonds is 12. The van der Waals surface area contributed by atoms with Gasteiger partial charge in [-0.1, -0.05) is 41.4 Å². The van der Waals surface area contributed by atoms with Crippen LogP contribution in [0, 0.1) is 18.3 Å². The van der Waals surface area contributed by atoms with Crippen molar-refractivity contribution in [2.24, 2.45) is 11.7 Å². The maximum atomic E-state index is 14.0. The number of piperidine rings is 1. The monoisotopic (exact) mass is 717 g/mol. The van der Waals surface area contributed by atoms with Gasteiger partial charge in [0, 0.05) is 60.8 Å². The Balaban J connectivity index is 1.19. The molecule has 2 aromatic carbocycles. The summed E-state index contributed by atoms with van der Waals surface area (Å²) in [5.41, 5.74) is 7.10. The quantitative estimate of drug-likeness (QED) is 0.123. The standard InChI is InChI=1S/C33H41Cl2N7O5S/c1-21-9-10-23-5-2-7-27(31(23)40-21)47-20-24-25(34)11-12-28(30(24)35)48(45,46)42-16-4-6-26(42)32(44)39-19-22-13-17-41(18-14-22)29(43)8-3-15-38-33(36)37/h2,5,7,9-12,22,26H,3-4,6,8,13-20H2,1H3,(H,39,44)(H4,36,37,38)/t26-/m0/s1. The van der Waals surface area contributed by atoms with Crippen LogP contribution >= 0.6 is 23.2 Å². The number of carbonyl (C=O) groups is 2. The lowest BCUT2D eigenvalue weighted by Crippen LogP contribution is -2.48. The molecule has 2 saturated heterocycles. The Morgan fingerprint density at radius 1 is 1.06 bits per heavy atom. The van der Waals surface area contributed by atoms with Crippen molar-refractivity contribution in [1.29, 1.82) is 5.41 Å². The van der Waals surface area contributed by atoms with Gasteiger partial charge in [-0.05, 0) is 69.2 Å². The first-order valence-electron chi connectivity index (χ1n) is 16.1. The van der Waals surface area contributed by atoms with Crippen molar-refractivity contribution >= 4 is 61.9 Å². The Bertz CT molecular complexity index is 1780. The number of pyridine rings is 1. The van der Waals surface area contributed by atoms with Gasteiger partial charge in [0.25, 0.3) is 0 Å². The summed E-state index contributed by atoms with van der Waals surface area (Å²) in [6.45, 7) is 4.07. The number of hydrogen-bond donors (Lipinski definition) is 4. The zero-order valence-electron chi connectivity index (χ0n) is 26.8. The van der Waals surface area contributed by atoms with Gasteiger partial charge in [-0.3, -0.25) is 15.0 Å². The highest BCUT2D eigenvalue weighted by atomic mass is 35.5. The molecule has 2 aliphatic heterocycles. The lowest BCUT2D eigenvalue weighted by atomic mass is 9.96. The van der Waals surface area contributed by atoms with Gasteiger partial charge in [-0.25, -0.2) is 13.4 Å². The minimum Gasteiger partial charge on any atom is -0.487 e. The van der Waals surface area contributed by atoms with Gasteiger partial charge >= 0.3 is 0 Å². The van der Waals surface area contributed by atoms with Crippen molar-refractivity contribution in [2.45, 2.75) is 63.0 Å². The van der Waals surface area contributed by atoms with E-state index < -0.39 is 16.1 Å². The summed E-state index contributed by atoms with van der Waals surface area (Å²) in [4.78, 5) is 32.1. The second-order valence-corrected chi connectivity index (χ2v) is 14.8. The van der Waals surface area contributed by atoms with Gasteiger partial charge in [-0.15, -0.1) is 0 Å². The predicted molar refractivity (Wildman–Crippen MR) is 186 cm³/mol. The van der Waals surface area contributed by atoms with Crippen molar-refractivity contribution in [2.75, 3.05) is 32.7 Å². The number of nitrogens with zero attached hydrogens (tertiary/aromatic N) is 3. The molecule has 12 nitrogen and oxygen atoms in total. The highest BCUT2D eigenvalue weighted by Crippen LogP contribution is 2.36. The molecule has 15 heteroatoms. The Labute approximate surface area is 290 Å². The molecule has 3 heterocycles. The smallest absolute Gasteiger partial charge is 0.245 e. The molecule has 0 unspecified atom stereocenters. The number of para-hydroxylation sites is 1. The van der Waals surface area contributed by atoms with E-state index in [1.54, 1.807) is 6.07 Å². The molecule has 2 fully saturated rings. The van der Waals surface area contributed by atoms with Crippen molar-refractivity contribution in [3.05, 3.63) is 63.8 Å². The number of nitrogens with two attached hydrogens (primary N) is 1. The maximum absolute atomic E-state index is 14.0. The number of ether oxygens (including phenoxy) is 1. The van der Waals surface area contributed by atoms with E-state index in [1.807, 2.05) is 36.1 Å². The molecule has 48 heavy (non-hydrogen) atoms. The zero-order valence-corrected chi connectivity index (χ0v) is 29.1. The number of sulfonamides is 1. The average molecular weight is 719 g/mol. The number of nitrogens with one attached hydrogen (secondary N) is 3. The molecule has 2 aliphatic rings. The van der Waals surface area contributed by atoms with Gasteiger partial charge in [0.2, 0.25) is 21.8 Å². The first kappa shape index (κ1) is 35.7. The van der Waals surface area contributed by atoms with Gasteiger partial charge in [0.1, 0.15) is 28.8 Å². The lowest BCUT2D eigenvalue weighted by molar-refractivity contribution is -0.133. The fourth-order valence-electron chi connectivity index (χ4n) is 6.18. The van der Waals surface area contributed by atoms with E-state index in [0.29, 0.717) is 68.7 Å². The molecule has 1 aromatic heterocycles. The molecular weight excluding hydrogens is 677 g/mol. The summed E-state index contributed by atoms with van der Waals surface area (Å²) in [5.74, 6) is 0.297. The Kier molecular flexibility index (Phi) is 11.7. The fourth-order valence-corrected chi connectivity index (χ4v) is 8.70. The van der Waals surface area contributed by atoms with Gasteiger partial charge in [-0.2, -0.15) is 4.31 Å². The van der Waals surface area contributed by atoms with Crippen LogP contribution < -0.4 is 21.1 Å². The number of aromatic nitrogens is 1. The van der Waals surface area contributed by atoms with Crippen molar-refractivity contribution in [3.63, 3.8) is 0 Å². The van der Waals surface area contributed by atoms with Crippen molar-refractivity contribution < 1.29 is 22.7 Å². The molecule has 0 aliphatic carbocycles. The van der Waals surface area contributed by atoms with Crippen LogP contribution in [0.5, 0.6) is 5.75 Å². The minimum atomic E-state index is -4.15. The summed E-state index contributed by atoms with van der Waals surface area (Å²) in [6.07, 6.45) is 3.38. The number of hydrogen-bond acceptors (Lipinski definition) is 7. The highest BCUT2D eigenvalue weighted by molar-refractivity contribution is 7.89. The molecule has 0 spiro atoms. The molecule has 3 aromatic rings. The second-order valence-electron chi connectivity index (χ2n) is 12.2. The van der Waals surface area contributed by atoms with E-state index >= 15 is 0 Å². The third-order valence-electron chi connectivity index (χ3n) is 8.85. The van der Waals surface area contributed by atoms with E-state index in [2.05, 4.69) is 15.6 Å². The summed E-state index contributed by atoms with van der Waals surface area (Å²) >= 11 is 13.2. The third-order valence-corrected chi connectivity index (χ3v) is 11.7. The van der Waals surface area contributed by atoms with Gasteiger partial charge in [0.05, 0.1) is 5.02 Å². The zero-order chi connectivity index (χ0) is 34.4. The van der Waals surface area contributed by atoms with E-state index in [-0.39, 0.29) is 51.8 Å². The fraction of sp³-hybridized carbons (Fsp3) is 0.455.